The van der Waals surface area contributed by atoms with Gasteiger partial charge >= 0.3 is 6.01 Å². The predicted octanol–water partition coefficient (Wildman–Crippen LogP) is 1.68. The van der Waals surface area contributed by atoms with Gasteiger partial charge < -0.3 is 10.1 Å². The van der Waals surface area contributed by atoms with Gasteiger partial charge in [0.05, 0.1) is 17.4 Å². The van der Waals surface area contributed by atoms with E-state index < -0.39 is 0 Å². The Balaban J connectivity index is 0.00000112. The molecule has 15 heavy (non-hydrogen) atoms. The van der Waals surface area contributed by atoms with E-state index >= 15 is 0 Å². The largest absolute Gasteiger partial charge is 0.459 e. The number of hydrogen-bond acceptors (Lipinski definition) is 4. The average molecular weight is 250 g/mol. The van der Waals surface area contributed by atoms with Gasteiger partial charge in [-0.05, 0) is 19.4 Å². The molecule has 0 amide bonds. The molecule has 84 valence electrons. The molecule has 0 saturated carbocycles. The molecule has 1 aromatic heterocycles. The molecule has 0 aliphatic carbocycles. The molecule has 1 aliphatic rings. The number of halogens is 2. The van der Waals surface area contributed by atoms with E-state index in [2.05, 4.69) is 15.3 Å². The van der Waals surface area contributed by atoms with Gasteiger partial charge in [0.15, 0.2) is 0 Å². The van der Waals surface area contributed by atoms with Gasteiger partial charge in [-0.3, -0.25) is 0 Å². The Morgan fingerprint density at radius 1 is 1.40 bits per heavy atom. The zero-order valence-corrected chi connectivity index (χ0v) is 9.72. The first kappa shape index (κ1) is 12.5. The second-order valence-corrected chi connectivity index (χ2v) is 3.71. The van der Waals surface area contributed by atoms with E-state index in [-0.39, 0.29) is 18.5 Å². The summed E-state index contributed by atoms with van der Waals surface area (Å²) in [7, 11) is 0. The first-order valence-electron chi connectivity index (χ1n) is 4.69. The zero-order chi connectivity index (χ0) is 9.80. The summed E-state index contributed by atoms with van der Waals surface area (Å²) >= 11 is 5.66. The van der Waals surface area contributed by atoms with E-state index in [0.29, 0.717) is 11.0 Å². The van der Waals surface area contributed by atoms with Crippen LogP contribution in [0.25, 0.3) is 0 Å². The van der Waals surface area contributed by atoms with Crippen LogP contribution in [-0.4, -0.2) is 29.2 Å². The van der Waals surface area contributed by atoms with Gasteiger partial charge in [0, 0.05) is 6.54 Å². The fraction of sp³-hybridized carbons (Fsp3) is 0.556. The van der Waals surface area contributed by atoms with Gasteiger partial charge in [0.2, 0.25) is 0 Å². The topological polar surface area (TPSA) is 47.0 Å². The molecule has 1 N–H and O–H groups in total. The van der Waals surface area contributed by atoms with Crippen molar-refractivity contribution in [2.45, 2.75) is 18.9 Å². The molecule has 1 atom stereocenters. The van der Waals surface area contributed by atoms with Crippen molar-refractivity contribution in [1.82, 2.24) is 15.3 Å². The third-order valence-corrected chi connectivity index (χ3v) is 2.32. The van der Waals surface area contributed by atoms with Gasteiger partial charge in [-0.25, -0.2) is 9.97 Å². The maximum Gasteiger partial charge on any atom is 0.316 e. The highest BCUT2D eigenvalue weighted by Crippen LogP contribution is 2.12. The lowest BCUT2D eigenvalue weighted by Gasteiger charge is -2.22. The first-order valence-corrected chi connectivity index (χ1v) is 5.07. The fourth-order valence-electron chi connectivity index (χ4n) is 1.43. The molecule has 6 heteroatoms. The molecule has 2 heterocycles. The highest BCUT2D eigenvalue weighted by Gasteiger charge is 2.15. The molecule has 1 saturated heterocycles. The summed E-state index contributed by atoms with van der Waals surface area (Å²) in [6.45, 7) is 1.94. The summed E-state index contributed by atoms with van der Waals surface area (Å²) in [4.78, 5) is 7.96. The third kappa shape index (κ3) is 3.81. The minimum atomic E-state index is 0. The third-order valence-electron chi connectivity index (χ3n) is 2.12. The molecular formula is C9H13Cl2N3O. The lowest BCUT2D eigenvalue weighted by atomic mass is 10.1. The number of piperidine rings is 1. The first-order chi connectivity index (χ1) is 6.84. The van der Waals surface area contributed by atoms with Crippen LogP contribution in [0.5, 0.6) is 6.01 Å². The predicted molar refractivity (Wildman–Crippen MR) is 60.8 cm³/mol. The van der Waals surface area contributed by atoms with Crippen molar-refractivity contribution < 1.29 is 4.74 Å². The van der Waals surface area contributed by atoms with Crippen molar-refractivity contribution in [2.24, 2.45) is 0 Å². The second-order valence-electron chi connectivity index (χ2n) is 3.27. The Morgan fingerprint density at radius 2 is 2.13 bits per heavy atom. The molecule has 2 rings (SSSR count). The number of nitrogens with zero attached hydrogens (tertiary/aromatic N) is 2. The Labute approximate surface area is 99.8 Å². The minimum absolute atomic E-state index is 0. The summed E-state index contributed by atoms with van der Waals surface area (Å²) in [6.07, 6.45) is 5.46. The van der Waals surface area contributed by atoms with E-state index in [1.165, 1.54) is 0 Å². The van der Waals surface area contributed by atoms with Crippen molar-refractivity contribution in [2.75, 3.05) is 13.1 Å². The fourth-order valence-corrected chi connectivity index (χ4v) is 1.53. The van der Waals surface area contributed by atoms with Crippen LogP contribution in [0.1, 0.15) is 12.8 Å². The summed E-state index contributed by atoms with van der Waals surface area (Å²) in [5.41, 5.74) is 0. The number of aromatic nitrogens is 2. The molecule has 0 aromatic carbocycles. The van der Waals surface area contributed by atoms with Crippen molar-refractivity contribution in [3.8, 4) is 6.01 Å². The van der Waals surface area contributed by atoms with Crippen LogP contribution >= 0.6 is 24.0 Å². The molecule has 0 spiro atoms. The molecule has 0 bridgehead atoms. The lowest BCUT2D eigenvalue weighted by molar-refractivity contribution is 0.153. The van der Waals surface area contributed by atoms with Gasteiger partial charge in [-0.1, -0.05) is 11.6 Å². The number of hydrogen-bond donors (Lipinski definition) is 1. The maximum atomic E-state index is 5.66. The molecule has 0 unspecified atom stereocenters. The Hall–Kier alpha value is -0.580. The van der Waals surface area contributed by atoms with Crippen molar-refractivity contribution in [3.63, 3.8) is 0 Å². The van der Waals surface area contributed by atoms with Crippen LogP contribution in [0.3, 0.4) is 0 Å². The highest BCUT2D eigenvalue weighted by atomic mass is 35.5. The molecule has 4 nitrogen and oxygen atoms in total. The van der Waals surface area contributed by atoms with Crippen LogP contribution in [0, 0.1) is 0 Å². The Kier molecular flexibility index (Phi) is 5.08. The Morgan fingerprint density at radius 3 is 2.73 bits per heavy atom. The van der Waals surface area contributed by atoms with Gasteiger partial charge in [-0.15, -0.1) is 12.4 Å². The van der Waals surface area contributed by atoms with Crippen molar-refractivity contribution >= 4 is 24.0 Å². The average Bonchev–Trinajstić information content (AvgIpc) is 2.23. The summed E-state index contributed by atoms with van der Waals surface area (Å²) in [6, 6.07) is 0.406. The monoisotopic (exact) mass is 249 g/mol. The summed E-state index contributed by atoms with van der Waals surface area (Å²) in [5.74, 6) is 0. The van der Waals surface area contributed by atoms with Crippen molar-refractivity contribution in [3.05, 3.63) is 17.4 Å². The van der Waals surface area contributed by atoms with Crippen LogP contribution in [-0.2, 0) is 0 Å². The van der Waals surface area contributed by atoms with Crippen LogP contribution in [0.15, 0.2) is 12.4 Å². The standard InChI is InChI=1S/C9H12ClN3O.ClH/c10-7-4-12-9(13-5-7)14-8-2-1-3-11-6-8;/h4-5,8,11H,1-3,6H2;1H/t8-;/m1./s1. The second kappa shape index (κ2) is 6.10. The molecular weight excluding hydrogens is 237 g/mol. The van der Waals surface area contributed by atoms with E-state index in [0.717, 1.165) is 25.9 Å². The highest BCUT2D eigenvalue weighted by molar-refractivity contribution is 6.30. The number of nitrogens with one attached hydrogen (secondary N) is 1. The molecule has 0 radical (unpaired) electrons. The van der Waals surface area contributed by atoms with E-state index in [1.807, 2.05) is 0 Å². The summed E-state index contributed by atoms with van der Waals surface area (Å²) < 4.78 is 5.57. The Bertz CT molecular complexity index is 288. The minimum Gasteiger partial charge on any atom is -0.459 e. The zero-order valence-electron chi connectivity index (χ0n) is 8.15. The van der Waals surface area contributed by atoms with Gasteiger partial charge in [0.1, 0.15) is 6.10 Å². The van der Waals surface area contributed by atoms with Crippen LogP contribution in [0.2, 0.25) is 5.02 Å². The maximum absolute atomic E-state index is 5.66. The van der Waals surface area contributed by atoms with E-state index in [9.17, 15) is 0 Å². The van der Waals surface area contributed by atoms with Crippen molar-refractivity contribution in [1.29, 1.82) is 0 Å². The number of ether oxygens (including phenoxy) is 1. The van der Waals surface area contributed by atoms with E-state index in [4.69, 9.17) is 16.3 Å². The van der Waals surface area contributed by atoms with E-state index in [1.54, 1.807) is 12.4 Å². The smallest absolute Gasteiger partial charge is 0.316 e. The van der Waals surface area contributed by atoms with Crippen LogP contribution in [0.4, 0.5) is 0 Å². The molecule has 1 fully saturated rings. The molecule has 1 aliphatic heterocycles. The van der Waals surface area contributed by atoms with Gasteiger partial charge in [-0.2, -0.15) is 0 Å². The lowest BCUT2D eigenvalue weighted by Crippen LogP contribution is -2.37. The quantitative estimate of drug-likeness (QED) is 0.867. The number of rotatable bonds is 2. The molecule has 1 aromatic rings. The summed E-state index contributed by atoms with van der Waals surface area (Å²) in [5, 5.41) is 3.79. The van der Waals surface area contributed by atoms with Gasteiger partial charge in [0.25, 0.3) is 0 Å². The van der Waals surface area contributed by atoms with Crippen LogP contribution < -0.4 is 10.1 Å². The normalized spacial score (nSPS) is 20.5. The SMILES string of the molecule is Cl.Clc1cnc(O[C@@H]2CCCNC2)nc1.